The van der Waals surface area contributed by atoms with Crippen LogP contribution in [-0.4, -0.2) is 59.8 Å². The second kappa shape index (κ2) is 10.4. The molecule has 0 radical (unpaired) electrons. The average molecular weight is 475 g/mol. The van der Waals surface area contributed by atoms with Crippen LogP contribution in [0.5, 0.6) is 5.75 Å². The fraction of sp³-hybridized carbons (Fsp3) is 0.370. The molecule has 0 aliphatic carbocycles. The van der Waals surface area contributed by atoms with Crippen molar-refractivity contribution in [1.82, 2.24) is 14.5 Å². The van der Waals surface area contributed by atoms with E-state index >= 15 is 0 Å². The summed E-state index contributed by atoms with van der Waals surface area (Å²) in [4.78, 5) is 32.7. The van der Waals surface area contributed by atoms with E-state index in [0.29, 0.717) is 61.7 Å². The monoisotopic (exact) mass is 474 g/mol. The number of aromatic nitrogens is 2. The Bertz CT molecular complexity index is 1310. The van der Waals surface area contributed by atoms with E-state index in [9.17, 15) is 9.59 Å². The predicted octanol–water partition coefficient (Wildman–Crippen LogP) is 3.40. The molecule has 8 nitrogen and oxygen atoms in total. The van der Waals surface area contributed by atoms with Gasteiger partial charge in [0.1, 0.15) is 11.6 Å². The lowest BCUT2D eigenvalue weighted by Gasteiger charge is -2.26. The molecule has 1 amide bonds. The summed E-state index contributed by atoms with van der Waals surface area (Å²) in [5.41, 5.74) is 3.24. The summed E-state index contributed by atoms with van der Waals surface area (Å²) in [7, 11) is 0. The summed E-state index contributed by atoms with van der Waals surface area (Å²) >= 11 is 0. The summed E-state index contributed by atoms with van der Waals surface area (Å²) in [6, 6.07) is 13.2. The first-order chi connectivity index (χ1) is 17.1. The molecule has 2 aromatic carbocycles. The molecular formula is C27H30N4O4. The van der Waals surface area contributed by atoms with Crippen LogP contribution in [0.1, 0.15) is 31.2 Å². The molecule has 1 saturated heterocycles. The Hall–Kier alpha value is -3.49. The third-order valence-electron chi connectivity index (χ3n) is 6.42. The maximum absolute atomic E-state index is 13.1. The number of hydrogen-bond acceptors (Lipinski definition) is 6. The summed E-state index contributed by atoms with van der Waals surface area (Å²) in [6.45, 7) is 7.05. The van der Waals surface area contributed by atoms with Gasteiger partial charge < -0.3 is 14.8 Å². The van der Waals surface area contributed by atoms with Crippen molar-refractivity contribution in [2.45, 2.75) is 26.3 Å². The van der Waals surface area contributed by atoms with Crippen LogP contribution in [0.3, 0.4) is 0 Å². The molecule has 3 heterocycles. The van der Waals surface area contributed by atoms with Crippen LogP contribution in [0, 0.1) is 0 Å². The van der Waals surface area contributed by atoms with E-state index in [4.69, 9.17) is 14.5 Å². The molecule has 0 saturated carbocycles. The van der Waals surface area contributed by atoms with Crippen molar-refractivity contribution >= 4 is 34.1 Å². The van der Waals surface area contributed by atoms with Crippen LogP contribution in [0.4, 0.5) is 5.69 Å². The highest BCUT2D eigenvalue weighted by Crippen LogP contribution is 2.28. The Balaban J connectivity index is 1.35. The summed E-state index contributed by atoms with van der Waals surface area (Å²) in [6.07, 6.45) is 3.23. The third-order valence-corrected chi connectivity index (χ3v) is 6.42. The van der Waals surface area contributed by atoms with Gasteiger partial charge in [-0.25, -0.2) is 4.98 Å². The molecule has 35 heavy (non-hydrogen) atoms. The standard InChI is InChI=1S/C27H30N4O4/c1-2-35-22-6-3-19(4-7-22)17-20-9-12-31-26(20)29-24-18-21(5-8-23(24)27(31)33)28-25(32)10-11-30-13-15-34-16-14-30/h3-8,17-18H,2,9-16H2,1H3,(H,28,32). The fourth-order valence-corrected chi connectivity index (χ4v) is 4.57. The Morgan fingerprint density at radius 1 is 1.14 bits per heavy atom. The minimum atomic E-state index is -0.0511. The van der Waals surface area contributed by atoms with E-state index in [-0.39, 0.29) is 11.5 Å². The molecule has 1 fully saturated rings. The number of carbonyl (C=O) groups is 1. The van der Waals surface area contributed by atoms with Crippen LogP contribution in [0.15, 0.2) is 47.3 Å². The number of allylic oxidation sites excluding steroid dienone is 1. The highest BCUT2D eigenvalue weighted by atomic mass is 16.5. The van der Waals surface area contributed by atoms with Crippen molar-refractivity contribution in [2.75, 3.05) is 44.8 Å². The molecule has 182 valence electrons. The van der Waals surface area contributed by atoms with Crippen LogP contribution in [0.25, 0.3) is 22.6 Å². The van der Waals surface area contributed by atoms with Crippen LogP contribution in [-0.2, 0) is 16.1 Å². The molecule has 0 spiro atoms. The van der Waals surface area contributed by atoms with Gasteiger partial charge in [0, 0.05) is 38.3 Å². The molecule has 1 N–H and O–H groups in total. The van der Waals surface area contributed by atoms with Crippen LogP contribution >= 0.6 is 0 Å². The van der Waals surface area contributed by atoms with Gasteiger partial charge in [-0.2, -0.15) is 0 Å². The summed E-state index contributed by atoms with van der Waals surface area (Å²) in [5.74, 6) is 1.47. The van der Waals surface area contributed by atoms with E-state index in [1.807, 2.05) is 31.2 Å². The van der Waals surface area contributed by atoms with E-state index in [1.165, 1.54) is 0 Å². The fourth-order valence-electron chi connectivity index (χ4n) is 4.57. The number of morpholine rings is 1. The quantitative estimate of drug-likeness (QED) is 0.565. The van der Waals surface area contributed by atoms with E-state index in [2.05, 4.69) is 16.3 Å². The van der Waals surface area contributed by atoms with Gasteiger partial charge >= 0.3 is 0 Å². The van der Waals surface area contributed by atoms with Gasteiger partial charge in [-0.3, -0.25) is 19.1 Å². The molecular weight excluding hydrogens is 444 g/mol. The van der Waals surface area contributed by atoms with Crippen molar-refractivity contribution < 1.29 is 14.3 Å². The molecule has 5 rings (SSSR count). The van der Waals surface area contributed by atoms with Crippen molar-refractivity contribution in [3.05, 3.63) is 64.2 Å². The Labute approximate surface area is 204 Å². The molecule has 0 unspecified atom stereocenters. The zero-order chi connectivity index (χ0) is 24.2. The molecule has 0 bridgehead atoms. The number of hydrogen-bond donors (Lipinski definition) is 1. The van der Waals surface area contributed by atoms with Crippen LogP contribution in [0.2, 0.25) is 0 Å². The van der Waals surface area contributed by atoms with Crippen molar-refractivity contribution in [1.29, 1.82) is 0 Å². The normalized spacial score (nSPS) is 17.0. The van der Waals surface area contributed by atoms with Gasteiger partial charge in [0.25, 0.3) is 5.56 Å². The van der Waals surface area contributed by atoms with Gasteiger partial charge in [0.2, 0.25) is 5.91 Å². The molecule has 3 aromatic rings. The second-order valence-corrected chi connectivity index (χ2v) is 8.80. The van der Waals surface area contributed by atoms with Crippen molar-refractivity contribution in [2.24, 2.45) is 0 Å². The molecule has 0 atom stereocenters. The van der Waals surface area contributed by atoms with E-state index in [1.54, 1.807) is 22.8 Å². The van der Waals surface area contributed by atoms with Gasteiger partial charge in [-0.15, -0.1) is 0 Å². The summed E-state index contributed by atoms with van der Waals surface area (Å²) < 4.78 is 12.6. The van der Waals surface area contributed by atoms with E-state index < -0.39 is 0 Å². The first-order valence-electron chi connectivity index (χ1n) is 12.2. The molecule has 1 aromatic heterocycles. The number of rotatable bonds is 7. The SMILES string of the molecule is CCOc1ccc(C=C2CCn3c2nc2cc(NC(=O)CCN4CCOCC4)ccc2c3=O)cc1. The largest absolute Gasteiger partial charge is 0.494 e. The summed E-state index contributed by atoms with van der Waals surface area (Å²) in [5, 5.41) is 3.51. The highest BCUT2D eigenvalue weighted by molar-refractivity contribution is 5.94. The number of amides is 1. The average Bonchev–Trinajstić information content (AvgIpc) is 3.27. The maximum atomic E-state index is 13.1. The second-order valence-electron chi connectivity index (χ2n) is 8.80. The third kappa shape index (κ3) is 5.28. The molecule has 2 aliphatic rings. The highest BCUT2D eigenvalue weighted by Gasteiger charge is 2.21. The number of nitrogens with zero attached hydrogens (tertiary/aromatic N) is 3. The lowest BCUT2D eigenvalue weighted by atomic mass is 10.1. The van der Waals surface area contributed by atoms with Gasteiger partial charge in [-0.05, 0) is 60.9 Å². The minimum Gasteiger partial charge on any atom is -0.494 e. The lowest BCUT2D eigenvalue weighted by molar-refractivity contribution is -0.116. The molecule has 8 heteroatoms. The Morgan fingerprint density at radius 3 is 2.71 bits per heavy atom. The number of fused-ring (bicyclic) bond motifs is 2. The topological polar surface area (TPSA) is 85.7 Å². The Kier molecular flexibility index (Phi) is 6.92. The minimum absolute atomic E-state index is 0.0507. The number of ether oxygens (including phenoxy) is 2. The maximum Gasteiger partial charge on any atom is 0.261 e. The first-order valence-corrected chi connectivity index (χ1v) is 12.2. The zero-order valence-electron chi connectivity index (χ0n) is 20.0. The molecule has 2 aliphatic heterocycles. The number of carbonyl (C=O) groups excluding carboxylic acids is 1. The predicted molar refractivity (Wildman–Crippen MR) is 137 cm³/mol. The number of nitrogens with one attached hydrogen (secondary N) is 1. The number of benzene rings is 2. The van der Waals surface area contributed by atoms with E-state index in [0.717, 1.165) is 36.4 Å². The Morgan fingerprint density at radius 2 is 1.94 bits per heavy atom. The van der Waals surface area contributed by atoms with Gasteiger partial charge in [0.05, 0.1) is 30.7 Å². The number of anilines is 1. The van der Waals surface area contributed by atoms with Gasteiger partial charge in [0.15, 0.2) is 0 Å². The first kappa shape index (κ1) is 23.3. The zero-order valence-corrected chi connectivity index (χ0v) is 20.0. The van der Waals surface area contributed by atoms with Crippen molar-refractivity contribution in [3.8, 4) is 5.75 Å². The lowest BCUT2D eigenvalue weighted by Crippen LogP contribution is -2.38. The van der Waals surface area contributed by atoms with Crippen molar-refractivity contribution in [3.63, 3.8) is 0 Å². The van der Waals surface area contributed by atoms with Crippen LogP contribution < -0.4 is 15.6 Å². The van der Waals surface area contributed by atoms with Gasteiger partial charge in [-0.1, -0.05) is 12.1 Å². The smallest absolute Gasteiger partial charge is 0.261 e.